The molecule has 0 radical (unpaired) electrons. The van der Waals surface area contributed by atoms with Crippen LogP contribution in [0.3, 0.4) is 0 Å². The molecule has 0 aliphatic carbocycles. The van der Waals surface area contributed by atoms with Crippen LogP contribution in [0, 0.1) is 16.7 Å². The molecule has 0 atom stereocenters. The predicted molar refractivity (Wildman–Crippen MR) is 82.8 cm³/mol. The van der Waals surface area contributed by atoms with Gasteiger partial charge in [-0.2, -0.15) is 5.26 Å². The Morgan fingerprint density at radius 3 is 2.65 bits per heavy atom. The van der Waals surface area contributed by atoms with Crippen LogP contribution in [0.1, 0.15) is 38.7 Å². The summed E-state index contributed by atoms with van der Waals surface area (Å²) in [5.41, 5.74) is 1.06. The lowest BCUT2D eigenvalue weighted by Crippen LogP contribution is -2.19. The number of ether oxygens (including phenoxy) is 1. The average Bonchev–Trinajstić information content (AvgIpc) is 2.46. The van der Waals surface area contributed by atoms with Gasteiger partial charge in [0.25, 0.3) is 0 Å². The molecule has 1 rings (SSSR count). The van der Waals surface area contributed by atoms with Crippen molar-refractivity contribution in [2.24, 2.45) is 5.41 Å². The van der Waals surface area contributed by atoms with Gasteiger partial charge in [0.1, 0.15) is 5.75 Å². The van der Waals surface area contributed by atoms with Crippen LogP contribution in [0.15, 0.2) is 24.3 Å². The van der Waals surface area contributed by atoms with Gasteiger partial charge in [-0.15, -0.1) is 0 Å². The Morgan fingerprint density at radius 1 is 1.20 bits per heavy atom. The van der Waals surface area contributed by atoms with E-state index in [1.807, 2.05) is 32.0 Å². The molecular formula is C17H26N2O. The van der Waals surface area contributed by atoms with Crippen LogP contribution in [0.5, 0.6) is 5.75 Å². The van der Waals surface area contributed by atoms with Crippen LogP contribution >= 0.6 is 0 Å². The number of para-hydroxylation sites is 1. The third-order valence-corrected chi connectivity index (χ3v) is 3.47. The van der Waals surface area contributed by atoms with Crippen molar-refractivity contribution in [2.45, 2.75) is 39.5 Å². The van der Waals surface area contributed by atoms with Crippen molar-refractivity contribution < 1.29 is 4.74 Å². The smallest absolute Gasteiger partial charge is 0.122 e. The summed E-state index contributed by atoms with van der Waals surface area (Å²) in [6, 6.07) is 10.5. The van der Waals surface area contributed by atoms with Gasteiger partial charge in [0.15, 0.2) is 0 Å². The molecule has 0 amide bonds. The molecule has 1 aromatic rings. The molecule has 1 N–H and O–H groups in total. The van der Waals surface area contributed by atoms with E-state index >= 15 is 0 Å². The molecule has 0 aliphatic heterocycles. The summed E-state index contributed by atoms with van der Waals surface area (Å²) in [6.07, 6.45) is 4.17. The zero-order valence-electron chi connectivity index (χ0n) is 12.9. The Bertz CT molecular complexity index is 435. The van der Waals surface area contributed by atoms with Crippen LogP contribution in [-0.2, 0) is 6.42 Å². The molecule has 0 saturated heterocycles. The van der Waals surface area contributed by atoms with Crippen LogP contribution in [0.4, 0.5) is 0 Å². The van der Waals surface area contributed by atoms with E-state index < -0.39 is 0 Å². The molecule has 1 aromatic carbocycles. The molecule has 0 aliphatic rings. The maximum absolute atomic E-state index is 8.93. The SMILES string of the molecule is COc1ccccc1CCNCCCCC(C)(C)C#N. The number of nitrogens with zero attached hydrogens (tertiary/aromatic N) is 1. The molecule has 3 heteroatoms. The van der Waals surface area contributed by atoms with E-state index in [0.29, 0.717) is 0 Å². The Balaban J connectivity index is 2.12. The second-order valence-corrected chi connectivity index (χ2v) is 5.76. The van der Waals surface area contributed by atoms with Crippen molar-refractivity contribution >= 4 is 0 Å². The highest BCUT2D eigenvalue weighted by atomic mass is 16.5. The predicted octanol–water partition coefficient (Wildman–Crippen LogP) is 3.55. The first-order valence-corrected chi connectivity index (χ1v) is 7.33. The van der Waals surface area contributed by atoms with E-state index in [2.05, 4.69) is 17.5 Å². The van der Waals surface area contributed by atoms with Crippen molar-refractivity contribution in [1.82, 2.24) is 5.32 Å². The topological polar surface area (TPSA) is 45.0 Å². The number of unbranched alkanes of at least 4 members (excludes halogenated alkanes) is 1. The van der Waals surface area contributed by atoms with E-state index in [4.69, 9.17) is 10.00 Å². The average molecular weight is 274 g/mol. The Morgan fingerprint density at radius 2 is 1.95 bits per heavy atom. The van der Waals surface area contributed by atoms with E-state index in [0.717, 1.165) is 44.5 Å². The van der Waals surface area contributed by atoms with Gasteiger partial charge >= 0.3 is 0 Å². The first kappa shape index (κ1) is 16.5. The summed E-state index contributed by atoms with van der Waals surface area (Å²) in [5.74, 6) is 0.963. The van der Waals surface area contributed by atoms with E-state index in [1.54, 1.807) is 7.11 Å². The largest absolute Gasteiger partial charge is 0.496 e. The van der Waals surface area contributed by atoms with Crippen LogP contribution in [0.25, 0.3) is 0 Å². The van der Waals surface area contributed by atoms with Crippen molar-refractivity contribution in [3.8, 4) is 11.8 Å². The number of nitrogens with one attached hydrogen (secondary N) is 1. The van der Waals surface area contributed by atoms with E-state index in [1.165, 1.54) is 5.56 Å². The number of hydrogen-bond acceptors (Lipinski definition) is 3. The molecule has 0 heterocycles. The van der Waals surface area contributed by atoms with Crippen molar-refractivity contribution in [3.05, 3.63) is 29.8 Å². The van der Waals surface area contributed by atoms with Gasteiger partial charge in [-0.3, -0.25) is 0 Å². The number of nitriles is 1. The van der Waals surface area contributed by atoms with Crippen LogP contribution < -0.4 is 10.1 Å². The molecule has 0 spiro atoms. The molecular weight excluding hydrogens is 248 g/mol. The Labute approximate surface area is 123 Å². The lowest BCUT2D eigenvalue weighted by atomic mass is 9.89. The third-order valence-electron chi connectivity index (χ3n) is 3.47. The number of methoxy groups -OCH3 is 1. The molecule has 110 valence electrons. The minimum absolute atomic E-state index is 0.183. The number of hydrogen-bond donors (Lipinski definition) is 1. The first-order chi connectivity index (χ1) is 9.59. The van der Waals surface area contributed by atoms with Crippen LogP contribution in [0.2, 0.25) is 0 Å². The van der Waals surface area contributed by atoms with Crippen molar-refractivity contribution in [2.75, 3.05) is 20.2 Å². The summed E-state index contributed by atoms with van der Waals surface area (Å²) in [4.78, 5) is 0. The second-order valence-electron chi connectivity index (χ2n) is 5.76. The monoisotopic (exact) mass is 274 g/mol. The maximum Gasteiger partial charge on any atom is 0.122 e. The summed E-state index contributed by atoms with van der Waals surface area (Å²) in [5, 5.41) is 12.4. The van der Waals surface area contributed by atoms with Crippen LogP contribution in [-0.4, -0.2) is 20.2 Å². The summed E-state index contributed by atoms with van der Waals surface area (Å²) >= 11 is 0. The summed E-state index contributed by atoms with van der Waals surface area (Å²) < 4.78 is 5.33. The molecule has 0 unspecified atom stereocenters. The molecule has 0 saturated carbocycles. The highest BCUT2D eigenvalue weighted by Gasteiger charge is 2.15. The van der Waals surface area contributed by atoms with Crippen molar-refractivity contribution in [3.63, 3.8) is 0 Å². The van der Waals surface area contributed by atoms with Gasteiger partial charge in [0.2, 0.25) is 0 Å². The van der Waals surface area contributed by atoms with Gasteiger partial charge < -0.3 is 10.1 Å². The standard InChI is InChI=1S/C17H26N2O/c1-17(2,14-18)11-6-7-12-19-13-10-15-8-4-5-9-16(15)20-3/h4-5,8-9,19H,6-7,10-13H2,1-3H3. The number of benzene rings is 1. The highest BCUT2D eigenvalue weighted by molar-refractivity contribution is 5.33. The zero-order valence-corrected chi connectivity index (χ0v) is 12.9. The number of rotatable bonds is 9. The normalized spacial score (nSPS) is 11.1. The van der Waals surface area contributed by atoms with Gasteiger partial charge in [-0.1, -0.05) is 24.6 Å². The summed E-state index contributed by atoms with van der Waals surface area (Å²) in [6.45, 7) is 5.98. The Hall–Kier alpha value is -1.53. The van der Waals surface area contributed by atoms with Gasteiger partial charge in [-0.25, -0.2) is 0 Å². The summed E-state index contributed by atoms with van der Waals surface area (Å²) in [7, 11) is 1.71. The maximum atomic E-state index is 8.93. The Kier molecular flexibility index (Phi) is 7.11. The van der Waals surface area contributed by atoms with Gasteiger partial charge in [0, 0.05) is 0 Å². The fourth-order valence-electron chi connectivity index (χ4n) is 2.13. The minimum Gasteiger partial charge on any atom is -0.496 e. The third kappa shape index (κ3) is 6.08. The molecule has 3 nitrogen and oxygen atoms in total. The van der Waals surface area contributed by atoms with Gasteiger partial charge in [0.05, 0.1) is 18.6 Å². The fraction of sp³-hybridized carbons (Fsp3) is 0.588. The molecule has 0 fully saturated rings. The zero-order chi connectivity index (χ0) is 14.8. The lowest BCUT2D eigenvalue weighted by molar-refractivity contribution is 0.408. The minimum atomic E-state index is -0.183. The second kappa shape index (κ2) is 8.60. The molecule has 0 aromatic heterocycles. The molecule has 0 bridgehead atoms. The first-order valence-electron chi connectivity index (χ1n) is 7.33. The lowest BCUT2D eigenvalue weighted by Gasteiger charge is -2.14. The van der Waals surface area contributed by atoms with Gasteiger partial charge in [-0.05, 0) is 57.8 Å². The molecule has 20 heavy (non-hydrogen) atoms. The fourth-order valence-corrected chi connectivity index (χ4v) is 2.13. The van der Waals surface area contributed by atoms with Crippen molar-refractivity contribution in [1.29, 1.82) is 5.26 Å². The quantitative estimate of drug-likeness (QED) is 0.700. The van der Waals surface area contributed by atoms with E-state index in [-0.39, 0.29) is 5.41 Å². The highest BCUT2D eigenvalue weighted by Crippen LogP contribution is 2.21. The van der Waals surface area contributed by atoms with E-state index in [9.17, 15) is 0 Å².